The molecule has 0 spiro atoms. The molecule has 0 aromatic heterocycles. The predicted molar refractivity (Wildman–Crippen MR) is 259 cm³/mol. The van der Waals surface area contributed by atoms with Gasteiger partial charge in [-0.25, -0.2) is 0 Å². The first-order chi connectivity index (χ1) is 29.0. The van der Waals surface area contributed by atoms with Crippen LogP contribution >= 0.6 is 0 Å². The first-order valence-corrected chi connectivity index (χ1v) is 21.5. The summed E-state index contributed by atoms with van der Waals surface area (Å²) < 4.78 is 0. The van der Waals surface area contributed by atoms with Gasteiger partial charge in [-0.05, 0) is 173 Å². The molecule has 0 heterocycles. The van der Waals surface area contributed by atoms with Gasteiger partial charge in [0.2, 0.25) is 0 Å². The first-order valence-electron chi connectivity index (χ1n) is 21.5. The van der Waals surface area contributed by atoms with E-state index in [1.807, 2.05) is 0 Å². The van der Waals surface area contributed by atoms with E-state index >= 15 is 0 Å². The molecule has 0 aliphatic heterocycles. The second-order valence-corrected chi connectivity index (χ2v) is 19.3. The summed E-state index contributed by atoms with van der Waals surface area (Å²) in [7, 11) is 0. The Morgan fingerprint density at radius 1 is 0.267 bits per heavy atom. The van der Waals surface area contributed by atoms with Gasteiger partial charge in [-0.15, -0.1) is 0 Å². The molecule has 10 aromatic rings. The van der Waals surface area contributed by atoms with Crippen molar-refractivity contribution < 1.29 is 0 Å². The van der Waals surface area contributed by atoms with E-state index in [2.05, 4.69) is 211 Å². The van der Waals surface area contributed by atoms with E-state index in [-0.39, 0.29) is 10.8 Å². The average Bonchev–Trinajstić information content (AvgIpc) is 3.75. The highest BCUT2D eigenvalue weighted by atomic mass is 14.3. The van der Waals surface area contributed by atoms with Crippen molar-refractivity contribution in [2.75, 3.05) is 0 Å². The highest BCUT2D eigenvalue weighted by Gasteiger charge is 2.32. The van der Waals surface area contributed by atoms with Gasteiger partial charge in [-0.3, -0.25) is 0 Å². The maximum Gasteiger partial charge on any atom is -0.000719 e. The highest BCUT2D eigenvalue weighted by molar-refractivity contribution is 6.31. The molecule has 0 fully saturated rings. The van der Waals surface area contributed by atoms with E-state index in [0.29, 0.717) is 0 Å². The van der Waals surface area contributed by atoms with Crippen LogP contribution in [-0.4, -0.2) is 0 Å². The van der Waals surface area contributed by atoms with Gasteiger partial charge in [0, 0.05) is 0 Å². The molecule has 2 aliphatic rings. The Bertz CT molecular complexity index is 3450. The van der Waals surface area contributed by atoms with Crippen LogP contribution in [0.4, 0.5) is 0 Å². The van der Waals surface area contributed by atoms with Gasteiger partial charge in [0.25, 0.3) is 0 Å². The van der Waals surface area contributed by atoms with E-state index in [4.69, 9.17) is 0 Å². The molecule has 0 radical (unpaired) electrons. The summed E-state index contributed by atoms with van der Waals surface area (Å²) in [5.74, 6) is 0. The van der Waals surface area contributed by atoms with E-state index in [9.17, 15) is 0 Å². The third-order valence-electron chi connectivity index (χ3n) is 13.6. The minimum absolute atomic E-state index is 0.0303. The Hall–Kier alpha value is -6.76. The monoisotopic (exact) mass is 766 g/mol. The Balaban J connectivity index is 1.16. The van der Waals surface area contributed by atoms with Gasteiger partial charge in [0.05, 0.1) is 0 Å². The second kappa shape index (κ2) is 12.4. The molecule has 0 heteroatoms. The van der Waals surface area contributed by atoms with Gasteiger partial charge in [-0.2, -0.15) is 0 Å². The zero-order chi connectivity index (χ0) is 40.7. The highest BCUT2D eigenvalue weighted by Crippen LogP contribution is 2.59. The quantitative estimate of drug-likeness (QED) is 0.157. The average molecular weight is 767 g/mol. The summed E-state index contributed by atoms with van der Waals surface area (Å²) >= 11 is 0. The molecule has 60 heavy (non-hydrogen) atoms. The molecule has 0 unspecified atom stereocenters. The van der Waals surface area contributed by atoms with Gasteiger partial charge in [-0.1, -0.05) is 181 Å². The standard InChI is InChI=1S/C60H46/c1-59(2,3)41-28-40-29-42(60(4,5)6)34-51-48-30-37(24-26-44(48)50(33-41)53(40)51)38-25-27-46-49(31-38)55(36-18-11-8-12-19-36)57-47-23-15-22-45-43-21-14-13-20-39(43)32-52(56(45)47)58(57)54(46)35-16-9-7-10-17-35/h7-34H,1-6H3. The molecule has 0 N–H and O–H groups in total. The van der Waals surface area contributed by atoms with Crippen molar-refractivity contribution in [3.63, 3.8) is 0 Å². The fraction of sp³-hybridized carbons (Fsp3) is 0.133. The summed E-state index contributed by atoms with van der Waals surface area (Å²) in [6.07, 6.45) is 0. The second-order valence-electron chi connectivity index (χ2n) is 19.3. The van der Waals surface area contributed by atoms with Gasteiger partial charge in [0.15, 0.2) is 0 Å². The zero-order valence-corrected chi connectivity index (χ0v) is 35.2. The lowest BCUT2D eigenvalue weighted by Crippen LogP contribution is -2.12. The number of hydrogen-bond acceptors (Lipinski definition) is 0. The topological polar surface area (TPSA) is 0 Å². The molecule has 0 amide bonds. The molecule has 2 aliphatic carbocycles. The molecule has 0 saturated heterocycles. The van der Waals surface area contributed by atoms with Crippen LogP contribution in [0, 0.1) is 0 Å². The number of benzene rings is 10. The van der Waals surface area contributed by atoms with E-state index in [1.165, 1.54) is 132 Å². The minimum Gasteiger partial charge on any atom is -0.0622 e. The minimum atomic E-state index is 0.0303. The molecule has 0 bridgehead atoms. The van der Waals surface area contributed by atoms with Crippen LogP contribution < -0.4 is 0 Å². The lowest BCUT2D eigenvalue weighted by Gasteiger charge is -2.23. The predicted octanol–water partition coefficient (Wildman–Crippen LogP) is 17.2. The summed E-state index contributed by atoms with van der Waals surface area (Å²) in [6.45, 7) is 14.0. The van der Waals surface area contributed by atoms with Gasteiger partial charge >= 0.3 is 0 Å². The largest absolute Gasteiger partial charge is 0.0622 e. The molecule has 0 atom stereocenters. The van der Waals surface area contributed by atoms with Gasteiger partial charge in [0.1, 0.15) is 0 Å². The summed E-state index contributed by atoms with van der Waals surface area (Å²) in [5, 5.41) is 10.5. The van der Waals surface area contributed by atoms with Crippen LogP contribution in [0.3, 0.4) is 0 Å². The van der Waals surface area contributed by atoms with Crippen LogP contribution in [0.25, 0.3) is 121 Å². The lowest BCUT2D eigenvalue weighted by molar-refractivity contribution is 0.589. The maximum atomic E-state index is 2.49. The van der Waals surface area contributed by atoms with Crippen molar-refractivity contribution in [2.45, 2.75) is 52.4 Å². The summed E-state index contributed by atoms with van der Waals surface area (Å²) in [5.41, 5.74) is 21.1. The van der Waals surface area contributed by atoms with Crippen molar-refractivity contribution >= 4 is 43.1 Å². The van der Waals surface area contributed by atoms with Crippen molar-refractivity contribution in [1.29, 1.82) is 0 Å². The van der Waals surface area contributed by atoms with Crippen LogP contribution in [0.5, 0.6) is 0 Å². The van der Waals surface area contributed by atoms with E-state index in [0.717, 1.165) is 0 Å². The number of hydrogen-bond donors (Lipinski definition) is 0. The maximum absolute atomic E-state index is 2.49. The van der Waals surface area contributed by atoms with E-state index in [1.54, 1.807) is 0 Å². The first kappa shape index (κ1) is 35.2. The normalized spacial score (nSPS) is 12.8. The fourth-order valence-corrected chi connectivity index (χ4v) is 10.6. The molecule has 286 valence electrons. The van der Waals surface area contributed by atoms with E-state index < -0.39 is 0 Å². The van der Waals surface area contributed by atoms with Crippen molar-refractivity contribution in [2.24, 2.45) is 0 Å². The van der Waals surface area contributed by atoms with Crippen molar-refractivity contribution in [1.82, 2.24) is 0 Å². The fourth-order valence-electron chi connectivity index (χ4n) is 10.6. The lowest BCUT2D eigenvalue weighted by atomic mass is 9.81. The van der Waals surface area contributed by atoms with Crippen molar-refractivity contribution in [3.8, 4) is 77.9 Å². The van der Waals surface area contributed by atoms with Gasteiger partial charge < -0.3 is 0 Å². The number of fused-ring (bicyclic) bond motifs is 9. The molecule has 0 saturated carbocycles. The van der Waals surface area contributed by atoms with Crippen LogP contribution in [0.15, 0.2) is 170 Å². The van der Waals surface area contributed by atoms with Crippen molar-refractivity contribution in [3.05, 3.63) is 181 Å². The SMILES string of the molecule is CC(C)(C)c1cc2c3c(cc(C(C)(C)C)cc3c1)-c1cc(-c3ccc4c(-c5ccccc5)c5c(c(-c6ccccc6)c4c3)-c3cccc4c3c-5cc3ccccc34)ccc1-2. The zero-order valence-electron chi connectivity index (χ0n) is 35.2. The Morgan fingerprint density at radius 2 is 0.833 bits per heavy atom. The molecular formula is C60H46. The summed E-state index contributed by atoms with van der Waals surface area (Å²) in [4.78, 5) is 0. The molecule has 12 rings (SSSR count). The van der Waals surface area contributed by atoms with Crippen LogP contribution in [0.2, 0.25) is 0 Å². The summed E-state index contributed by atoms with van der Waals surface area (Å²) in [6, 6.07) is 64.8. The van der Waals surface area contributed by atoms with Crippen LogP contribution in [-0.2, 0) is 10.8 Å². The third-order valence-corrected chi connectivity index (χ3v) is 13.6. The molecule has 0 nitrogen and oxygen atoms in total. The third kappa shape index (κ3) is 5.04. The smallest absolute Gasteiger partial charge is 0.000719 e. The number of rotatable bonds is 3. The Labute approximate surface area is 352 Å². The van der Waals surface area contributed by atoms with Crippen LogP contribution in [0.1, 0.15) is 52.7 Å². The Kier molecular flexibility index (Phi) is 7.27. The molecular weight excluding hydrogens is 721 g/mol. The molecule has 10 aromatic carbocycles. The Morgan fingerprint density at radius 3 is 1.52 bits per heavy atom.